The maximum Gasteiger partial charge on any atom is 0.146 e. The Hall–Kier alpha value is -1.54. The van der Waals surface area contributed by atoms with E-state index in [2.05, 4.69) is 15.5 Å². The first-order valence-corrected chi connectivity index (χ1v) is 5.55. The van der Waals surface area contributed by atoms with Gasteiger partial charge in [-0.25, -0.2) is 4.98 Å². The Morgan fingerprint density at radius 2 is 2.22 bits per heavy atom. The lowest BCUT2D eigenvalue weighted by Gasteiger charge is -2.10. The van der Waals surface area contributed by atoms with Crippen molar-refractivity contribution < 1.29 is 20.1 Å². The van der Waals surface area contributed by atoms with Gasteiger partial charge in [-0.1, -0.05) is 6.07 Å². The molecule has 1 aliphatic heterocycles. The highest BCUT2D eigenvalue weighted by Gasteiger charge is 2.41. The number of nitrogens with one attached hydrogen (secondary N) is 1. The summed E-state index contributed by atoms with van der Waals surface area (Å²) in [7, 11) is 0. The summed E-state index contributed by atoms with van der Waals surface area (Å²) in [4.78, 5) is 3.99. The fourth-order valence-corrected chi connectivity index (χ4v) is 1.66. The van der Waals surface area contributed by atoms with E-state index in [1.54, 1.807) is 24.4 Å². The Morgan fingerprint density at radius 1 is 1.39 bits per heavy atom. The van der Waals surface area contributed by atoms with E-state index in [0.29, 0.717) is 5.82 Å². The van der Waals surface area contributed by atoms with Crippen LogP contribution in [-0.2, 0) is 4.74 Å². The van der Waals surface area contributed by atoms with Gasteiger partial charge in [-0.15, -0.1) is 0 Å². The van der Waals surface area contributed by atoms with Crippen molar-refractivity contribution in [2.75, 3.05) is 12.0 Å². The molecule has 18 heavy (non-hydrogen) atoms. The van der Waals surface area contributed by atoms with Crippen LogP contribution in [0.4, 0.5) is 5.82 Å². The zero-order valence-electron chi connectivity index (χ0n) is 9.55. The van der Waals surface area contributed by atoms with Crippen molar-refractivity contribution in [3.8, 4) is 0 Å². The monoisotopic (exact) mass is 253 g/mol. The van der Waals surface area contributed by atoms with Crippen LogP contribution in [0.3, 0.4) is 0 Å². The maximum absolute atomic E-state index is 9.64. The summed E-state index contributed by atoms with van der Waals surface area (Å²) in [5, 5.41) is 31.9. The highest BCUT2D eigenvalue weighted by atomic mass is 16.6. The maximum atomic E-state index is 9.64. The fourth-order valence-electron chi connectivity index (χ4n) is 1.66. The molecule has 1 aromatic heterocycles. The second-order valence-corrected chi connectivity index (χ2v) is 3.91. The van der Waals surface area contributed by atoms with Gasteiger partial charge >= 0.3 is 0 Å². The number of aliphatic hydroxyl groups excluding tert-OH is 3. The minimum Gasteiger partial charge on any atom is -0.394 e. The molecule has 1 aliphatic rings. The Labute approximate surface area is 104 Å². The predicted octanol–water partition coefficient (Wildman–Crippen LogP) is -1.04. The number of anilines is 1. The Balaban J connectivity index is 1.90. The lowest BCUT2D eigenvalue weighted by Crippen LogP contribution is -2.34. The van der Waals surface area contributed by atoms with Crippen molar-refractivity contribution in [2.45, 2.75) is 24.4 Å². The molecule has 0 bridgehead atoms. The third-order valence-corrected chi connectivity index (χ3v) is 2.64. The van der Waals surface area contributed by atoms with Crippen LogP contribution in [0.15, 0.2) is 29.5 Å². The third-order valence-electron chi connectivity index (χ3n) is 2.64. The normalized spacial score (nSPS) is 31.9. The lowest BCUT2D eigenvalue weighted by molar-refractivity contribution is -0.00956. The molecule has 7 heteroatoms. The van der Waals surface area contributed by atoms with E-state index < -0.39 is 24.4 Å². The molecule has 4 N–H and O–H groups in total. The molecule has 7 nitrogen and oxygen atoms in total. The average Bonchev–Trinajstić information content (AvgIpc) is 2.68. The van der Waals surface area contributed by atoms with E-state index in [9.17, 15) is 10.2 Å². The van der Waals surface area contributed by atoms with Crippen molar-refractivity contribution in [1.82, 2.24) is 4.98 Å². The van der Waals surface area contributed by atoms with Gasteiger partial charge in [-0.3, -0.25) is 5.43 Å². The molecule has 4 atom stereocenters. The van der Waals surface area contributed by atoms with Crippen molar-refractivity contribution in [3.63, 3.8) is 0 Å². The number of hydrogen-bond acceptors (Lipinski definition) is 7. The first-order chi connectivity index (χ1) is 8.72. The quantitative estimate of drug-likeness (QED) is 0.403. The average molecular weight is 253 g/mol. The van der Waals surface area contributed by atoms with Gasteiger partial charge in [0.05, 0.1) is 12.8 Å². The standard InChI is InChI=1S/C11H15N3O4/c15-6-8-11(17)10(16)7(18-8)5-13-14-9-3-1-2-4-12-9/h1-5,7-8,10-11,15-17H,6H2,(H,12,14)/b13-5+/t7-,8-,10-,11-/m1/s1. The molecule has 0 amide bonds. The van der Waals surface area contributed by atoms with Crippen LogP contribution in [0.25, 0.3) is 0 Å². The zero-order valence-corrected chi connectivity index (χ0v) is 9.55. The Bertz CT molecular complexity index is 401. The van der Waals surface area contributed by atoms with E-state index in [0.717, 1.165) is 0 Å². The molecule has 1 saturated heterocycles. The number of nitrogens with zero attached hydrogens (tertiary/aromatic N) is 2. The van der Waals surface area contributed by atoms with Crippen LogP contribution in [0.5, 0.6) is 0 Å². The molecule has 2 heterocycles. The number of aromatic nitrogens is 1. The Morgan fingerprint density at radius 3 is 2.83 bits per heavy atom. The number of hydrogen-bond donors (Lipinski definition) is 4. The minimum absolute atomic E-state index is 0.351. The Kier molecular flexibility index (Phi) is 4.21. The largest absolute Gasteiger partial charge is 0.394 e. The summed E-state index contributed by atoms with van der Waals surface area (Å²) in [5.74, 6) is 0.556. The molecule has 2 rings (SSSR count). The van der Waals surface area contributed by atoms with Gasteiger partial charge in [0.25, 0.3) is 0 Å². The predicted molar refractivity (Wildman–Crippen MR) is 64.1 cm³/mol. The molecule has 0 aliphatic carbocycles. The third kappa shape index (κ3) is 2.82. The summed E-state index contributed by atoms with van der Waals surface area (Å²) in [6.07, 6.45) is -0.805. The van der Waals surface area contributed by atoms with Crippen molar-refractivity contribution in [2.24, 2.45) is 5.10 Å². The minimum atomic E-state index is -1.11. The van der Waals surface area contributed by atoms with Crippen LogP contribution in [-0.4, -0.2) is 57.5 Å². The van der Waals surface area contributed by atoms with Gasteiger partial charge in [0.1, 0.15) is 30.2 Å². The van der Waals surface area contributed by atoms with E-state index in [1.807, 2.05) is 0 Å². The topological polar surface area (TPSA) is 107 Å². The smallest absolute Gasteiger partial charge is 0.146 e. The number of pyridine rings is 1. The summed E-state index contributed by atoms with van der Waals surface area (Å²) < 4.78 is 5.21. The van der Waals surface area contributed by atoms with Crippen LogP contribution in [0.2, 0.25) is 0 Å². The van der Waals surface area contributed by atoms with Crippen molar-refractivity contribution in [1.29, 1.82) is 0 Å². The summed E-state index contributed by atoms with van der Waals surface area (Å²) in [5.41, 5.74) is 2.66. The van der Waals surface area contributed by atoms with E-state index in [-0.39, 0.29) is 6.61 Å². The molecular formula is C11H15N3O4. The molecule has 98 valence electrons. The number of aliphatic hydroxyl groups is 3. The summed E-state index contributed by atoms with van der Waals surface area (Å²) in [6, 6.07) is 5.31. The molecule has 0 radical (unpaired) electrons. The van der Waals surface area contributed by atoms with Gasteiger partial charge in [-0.2, -0.15) is 5.10 Å². The highest BCUT2D eigenvalue weighted by Crippen LogP contribution is 2.19. The van der Waals surface area contributed by atoms with E-state index in [4.69, 9.17) is 9.84 Å². The van der Waals surface area contributed by atoms with Crippen LogP contribution < -0.4 is 5.43 Å². The first-order valence-electron chi connectivity index (χ1n) is 5.55. The second-order valence-electron chi connectivity index (χ2n) is 3.91. The van der Waals surface area contributed by atoms with Gasteiger partial charge in [0.15, 0.2) is 0 Å². The van der Waals surface area contributed by atoms with Gasteiger partial charge in [0, 0.05) is 6.20 Å². The van der Waals surface area contributed by atoms with Crippen molar-refractivity contribution in [3.05, 3.63) is 24.4 Å². The molecule has 0 unspecified atom stereocenters. The molecule has 0 aromatic carbocycles. The molecular weight excluding hydrogens is 238 g/mol. The van der Waals surface area contributed by atoms with E-state index in [1.165, 1.54) is 6.21 Å². The molecule has 1 aromatic rings. The lowest BCUT2D eigenvalue weighted by atomic mass is 10.1. The SMILES string of the molecule is OC[C@H]1O[C@H](/C=N/Nc2ccccn2)[C@@H](O)[C@@H]1O. The van der Waals surface area contributed by atoms with Crippen LogP contribution >= 0.6 is 0 Å². The van der Waals surface area contributed by atoms with Gasteiger partial charge in [-0.05, 0) is 12.1 Å². The number of hydrazone groups is 1. The highest BCUT2D eigenvalue weighted by molar-refractivity contribution is 5.66. The zero-order chi connectivity index (χ0) is 13.0. The van der Waals surface area contributed by atoms with Crippen molar-refractivity contribution >= 4 is 12.0 Å². The molecule has 1 fully saturated rings. The second kappa shape index (κ2) is 5.87. The summed E-state index contributed by atoms with van der Waals surface area (Å²) in [6.45, 7) is -0.351. The van der Waals surface area contributed by atoms with Gasteiger partial charge in [0.2, 0.25) is 0 Å². The van der Waals surface area contributed by atoms with Crippen LogP contribution in [0, 0.1) is 0 Å². The number of ether oxygens (including phenoxy) is 1. The van der Waals surface area contributed by atoms with Gasteiger partial charge < -0.3 is 20.1 Å². The summed E-state index contributed by atoms with van der Waals surface area (Å²) >= 11 is 0. The van der Waals surface area contributed by atoms with Crippen LogP contribution in [0.1, 0.15) is 0 Å². The number of rotatable bonds is 4. The fraction of sp³-hybridized carbons (Fsp3) is 0.455. The molecule has 0 spiro atoms. The molecule has 0 saturated carbocycles. The van der Waals surface area contributed by atoms with E-state index >= 15 is 0 Å². The first kappa shape index (κ1) is 12.9.